The summed E-state index contributed by atoms with van der Waals surface area (Å²) >= 11 is 0. The third kappa shape index (κ3) is 39.2. The maximum absolute atomic E-state index is 12.6. The van der Waals surface area contributed by atoms with Crippen LogP contribution < -0.4 is 0 Å². The molecule has 0 aromatic rings. The van der Waals surface area contributed by atoms with Crippen molar-refractivity contribution in [2.45, 2.75) is 148 Å². The van der Waals surface area contributed by atoms with Crippen molar-refractivity contribution >= 4 is 13.8 Å². The number of allylic oxidation sites excluding steroid dienone is 10. The fourth-order valence-electron chi connectivity index (χ4n) is 4.95. The van der Waals surface area contributed by atoms with E-state index >= 15 is 0 Å². The molecule has 1 N–H and O–H groups in total. The monoisotopic (exact) mass is 739 g/mol. The fourth-order valence-corrected chi connectivity index (χ4v) is 5.69. The van der Waals surface area contributed by atoms with Gasteiger partial charge in [0.1, 0.15) is 19.3 Å². The lowest BCUT2D eigenvalue weighted by Crippen LogP contribution is -2.37. The molecular formula is C42H77NO7P+. The van der Waals surface area contributed by atoms with Crippen molar-refractivity contribution in [3.05, 3.63) is 60.8 Å². The van der Waals surface area contributed by atoms with E-state index < -0.39 is 13.9 Å². The van der Waals surface area contributed by atoms with Crippen molar-refractivity contribution in [2.24, 2.45) is 0 Å². The molecule has 0 heterocycles. The molecule has 0 aliphatic heterocycles. The first kappa shape index (κ1) is 49.2. The number of unbranched alkanes of at least 4 members (excludes halogenated alkanes) is 12. The van der Waals surface area contributed by atoms with Crippen molar-refractivity contribution in [3.8, 4) is 0 Å². The number of rotatable bonds is 36. The molecule has 51 heavy (non-hydrogen) atoms. The third-order valence-corrected chi connectivity index (χ3v) is 9.05. The van der Waals surface area contributed by atoms with Gasteiger partial charge in [0.05, 0.1) is 34.4 Å². The summed E-state index contributed by atoms with van der Waals surface area (Å²) in [7, 11) is 1.63. The molecule has 0 aromatic heterocycles. The Kier molecular flexibility index (Phi) is 34.0. The molecule has 0 spiro atoms. The first-order valence-electron chi connectivity index (χ1n) is 20.0. The molecule has 0 amide bonds. The Labute approximate surface area is 313 Å². The second-order valence-electron chi connectivity index (χ2n) is 14.3. The first-order valence-corrected chi connectivity index (χ1v) is 21.5. The van der Waals surface area contributed by atoms with Gasteiger partial charge in [0.15, 0.2) is 0 Å². The molecule has 0 aliphatic rings. The minimum absolute atomic E-state index is 0.0767. The van der Waals surface area contributed by atoms with Crippen LogP contribution in [0, 0.1) is 0 Å². The van der Waals surface area contributed by atoms with Crippen LogP contribution in [0.1, 0.15) is 142 Å². The van der Waals surface area contributed by atoms with Crippen molar-refractivity contribution in [1.29, 1.82) is 0 Å². The Bertz CT molecular complexity index is 1000. The van der Waals surface area contributed by atoms with E-state index in [2.05, 4.69) is 74.6 Å². The normalized spacial score (nSPS) is 14.5. The van der Waals surface area contributed by atoms with E-state index in [-0.39, 0.29) is 32.2 Å². The van der Waals surface area contributed by atoms with Gasteiger partial charge in [-0.25, -0.2) is 4.57 Å². The molecule has 0 saturated carbocycles. The molecule has 2 unspecified atom stereocenters. The van der Waals surface area contributed by atoms with Crippen molar-refractivity contribution in [1.82, 2.24) is 0 Å². The second-order valence-corrected chi connectivity index (χ2v) is 15.7. The molecule has 0 aromatic carbocycles. The molecule has 0 aliphatic carbocycles. The quantitative estimate of drug-likeness (QED) is 0.0225. The standard InChI is InChI=1S/C42H76NO7P/c1-6-8-10-12-14-16-18-20-22-23-25-27-29-31-33-35-42(44)50-41(40-49-51(45,46)48-38-36-43(3,4)5)39-47-37-34-32-30-28-26-24-21-19-17-15-13-11-9-7-2/h8,10,14,16-17,19-20,22,25,27,41H,6-7,9,11-13,15,18,21,23-24,26,28-40H2,1-5H3/p+1/b10-8-,16-14-,19-17-,22-20-,27-25-. The Hall–Kier alpha value is -1.80. The molecule has 9 heteroatoms. The highest BCUT2D eigenvalue weighted by Gasteiger charge is 2.26. The molecule has 0 bridgehead atoms. The zero-order chi connectivity index (χ0) is 37.7. The number of phosphoric ester groups is 1. The summed E-state index contributed by atoms with van der Waals surface area (Å²) in [6, 6.07) is 0. The third-order valence-electron chi connectivity index (χ3n) is 8.06. The summed E-state index contributed by atoms with van der Waals surface area (Å²) in [5, 5.41) is 0. The lowest BCUT2D eigenvalue weighted by molar-refractivity contribution is -0.870. The van der Waals surface area contributed by atoms with Gasteiger partial charge < -0.3 is 18.9 Å². The van der Waals surface area contributed by atoms with E-state index in [1.165, 1.54) is 64.2 Å². The average Bonchev–Trinajstić information content (AvgIpc) is 3.08. The van der Waals surface area contributed by atoms with Gasteiger partial charge in [0.25, 0.3) is 0 Å². The zero-order valence-corrected chi connectivity index (χ0v) is 34.2. The molecule has 0 fully saturated rings. The van der Waals surface area contributed by atoms with Crippen LogP contribution in [-0.2, 0) is 27.9 Å². The number of likely N-dealkylation sites (N-methyl/N-ethyl adjacent to an activating group) is 1. The van der Waals surface area contributed by atoms with Gasteiger partial charge in [-0.3, -0.25) is 13.8 Å². The molecule has 2 atom stereocenters. The maximum atomic E-state index is 12.6. The second kappa shape index (κ2) is 35.2. The molecule has 8 nitrogen and oxygen atoms in total. The molecule has 0 radical (unpaired) electrons. The summed E-state index contributed by atoms with van der Waals surface area (Å²) in [4.78, 5) is 22.8. The SMILES string of the molecule is CC/C=C\C/C=C\C/C=C\C/C=C\CCCCC(=O)OC(COCCCCCCCC/C=C\CCCCCC)COP(=O)(O)OCC[N+](C)(C)C. The van der Waals surface area contributed by atoms with E-state index in [1.54, 1.807) is 0 Å². The number of carbonyl (C=O) groups is 1. The summed E-state index contributed by atoms with van der Waals surface area (Å²) < 4.78 is 34.8. The maximum Gasteiger partial charge on any atom is 0.472 e. The van der Waals surface area contributed by atoms with Crippen LogP contribution in [0.4, 0.5) is 0 Å². The Morgan fingerprint density at radius 3 is 1.73 bits per heavy atom. The van der Waals surface area contributed by atoms with Crippen LogP contribution in [0.25, 0.3) is 0 Å². The van der Waals surface area contributed by atoms with Crippen LogP contribution in [0.2, 0.25) is 0 Å². The van der Waals surface area contributed by atoms with Gasteiger partial charge in [0.2, 0.25) is 0 Å². The minimum atomic E-state index is -4.28. The van der Waals surface area contributed by atoms with E-state index in [0.29, 0.717) is 24.1 Å². The van der Waals surface area contributed by atoms with Crippen LogP contribution >= 0.6 is 7.82 Å². The van der Waals surface area contributed by atoms with E-state index in [1.807, 2.05) is 21.1 Å². The van der Waals surface area contributed by atoms with E-state index in [9.17, 15) is 14.3 Å². The van der Waals surface area contributed by atoms with Gasteiger partial charge in [-0.15, -0.1) is 0 Å². The largest absolute Gasteiger partial charge is 0.472 e. The summed E-state index contributed by atoms with van der Waals surface area (Å²) in [6.07, 6.45) is 42.5. The number of ether oxygens (including phenoxy) is 2. The summed E-state index contributed by atoms with van der Waals surface area (Å²) in [5.41, 5.74) is 0. The lowest BCUT2D eigenvalue weighted by atomic mass is 10.1. The number of hydrogen-bond donors (Lipinski definition) is 1. The summed E-state index contributed by atoms with van der Waals surface area (Å²) in [5.74, 6) is -0.359. The van der Waals surface area contributed by atoms with Crippen LogP contribution in [0.5, 0.6) is 0 Å². The Balaban J connectivity index is 4.39. The Morgan fingerprint density at radius 1 is 0.627 bits per heavy atom. The number of carbonyl (C=O) groups excluding carboxylic acids is 1. The number of hydrogen-bond acceptors (Lipinski definition) is 6. The highest BCUT2D eigenvalue weighted by atomic mass is 31.2. The van der Waals surface area contributed by atoms with Gasteiger partial charge in [-0.1, -0.05) is 120 Å². The number of quaternary nitrogens is 1. The number of phosphoric acid groups is 1. The van der Waals surface area contributed by atoms with Gasteiger partial charge in [-0.2, -0.15) is 0 Å². The highest BCUT2D eigenvalue weighted by Crippen LogP contribution is 2.43. The average molecular weight is 739 g/mol. The number of nitrogens with zero attached hydrogens (tertiary/aromatic N) is 1. The lowest BCUT2D eigenvalue weighted by Gasteiger charge is -2.24. The molecule has 296 valence electrons. The van der Waals surface area contributed by atoms with Gasteiger partial charge in [0, 0.05) is 13.0 Å². The van der Waals surface area contributed by atoms with Crippen LogP contribution in [0.3, 0.4) is 0 Å². The summed E-state index contributed by atoms with van der Waals surface area (Å²) in [6.45, 7) is 5.40. The van der Waals surface area contributed by atoms with E-state index in [0.717, 1.165) is 51.4 Å². The Morgan fingerprint density at radius 2 is 1.14 bits per heavy atom. The predicted molar refractivity (Wildman–Crippen MR) is 215 cm³/mol. The highest BCUT2D eigenvalue weighted by molar-refractivity contribution is 7.47. The van der Waals surface area contributed by atoms with E-state index in [4.69, 9.17) is 18.5 Å². The first-order chi connectivity index (χ1) is 24.6. The number of esters is 1. The minimum Gasteiger partial charge on any atom is -0.457 e. The topological polar surface area (TPSA) is 91.3 Å². The van der Waals surface area contributed by atoms with Crippen LogP contribution in [0.15, 0.2) is 60.8 Å². The van der Waals surface area contributed by atoms with Crippen molar-refractivity contribution < 1.29 is 37.3 Å². The van der Waals surface area contributed by atoms with Crippen LogP contribution in [-0.4, -0.2) is 75.6 Å². The van der Waals surface area contributed by atoms with Crippen molar-refractivity contribution in [2.75, 3.05) is 54.1 Å². The fraction of sp³-hybridized carbons (Fsp3) is 0.738. The molecular weight excluding hydrogens is 661 g/mol. The molecule has 0 rings (SSSR count). The van der Waals surface area contributed by atoms with Gasteiger partial charge >= 0.3 is 13.8 Å². The smallest absolute Gasteiger partial charge is 0.457 e. The predicted octanol–water partition coefficient (Wildman–Crippen LogP) is 11.4. The van der Waals surface area contributed by atoms with Gasteiger partial charge in [-0.05, 0) is 77.0 Å². The zero-order valence-electron chi connectivity index (χ0n) is 33.3. The molecule has 0 saturated heterocycles. The van der Waals surface area contributed by atoms with Crippen molar-refractivity contribution in [3.63, 3.8) is 0 Å².